The van der Waals surface area contributed by atoms with E-state index < -0.39 is 17.7 Å². The van der Waals surface area contributed by atoms with Gasteiger partial charge in [0, 0.05) is 24.4 Å². The summed E-state index contributed by atoms with van der Waals surface area (Å²) < 4.78 is 26.8. The number of carbonyl (C=O) groups is 1. The van der Waals surface area contributed by atoms with Crippen LogP contribution in [0.1, 0.15) is 37.8 Å². The highest BCUT2D eigenvalue weighted by atomic mass is 79.9. The van der Waals surface area contributed by atoms with Crippen molar-refractivity contribution in [2.45, 2.75) is 32.2 Å². The molecule has 0 heterocycles. The number of nitrogens with zero attached hydrogens (tertiary/aromatic N) is 1. The zero-order valence-corrected chi connectivity index (χ0v) is 12.7. The Bertz CT molecular complexity index is 439. The van der Waals surface area contributed by atoms with Gasteiger partial charge in [-0.2, -0.15) is 0 Å². The summed E-state index contributed by atoms with van der Waals surface area (Å²) in [6, 6.07) is 2.82. The lowest BCUT2D eigenvalue weighted by Crippen LogP contribution is -2.30. The molecule has 0 saturated heterocycles. The highest BCUT2D eigenvalue weighted by molar-refractivity contribution is 9.09. The van der Waals surface area contributed by atoms with E-state index in [2.05, 4.69) is 15.9 Å². The average molecular weight is 334 g/mol. The topological polar surface area (TPSA) is 20.3 Å². The van der Waals surface area contributed by atoms with Crippen LogP contribution >= 0.6 is 15.9 Å². The van der Waals surface area contributed by atoms with Gasteiger partial charge in [-0.25, -0.2) is 8.78 Å². The van der Waals surface area contributed by atoms with Gasteiger partial charge in [0.15, 0.2) is 0 Å². The van der Waals surface area contributed by atoms with Crippen LogP contribution in [0.4, 0.5) is 8.78 Å². The maximum atomic E-state index is 13.6. The molecule has 0 aliphatic rings. The molecule has 19 heavy (non-hydrogen) atoms. The average Bonchev–Trinajstić information content (AvgIpc) is 2.40. The van der Waals surface area contributed by atoms with Gasteiger partial charge in [-0.15, -0.1) is 0 Å². The van der Waals surface area contributed by atoms with Crippen LogP contribution in [0.3, 0.4) is 0 Å². The van der Waals surface area contributed by atoms with Crippen molar-refractivity contribution in [1.29, 1.82) is 0 Å². The molecule has 1 unspecified atom stereocenters. The fourth-order valence-corrected chi connectivity index (χ4v) is 2.20. The van der Waals surface area contributed by atoms with E-state index in [0.29, 0.717) is 6.42 Å². The van der Waals surface area contributed by atoms with Crippen LogP contribution in [-0.4, -0.2) is 23.2 Å². The minimum atomic E-state index is -0.497. The van der Waals surface area contributed by atoms with Gasteiger partial charge in [-0.3, -0.25) is 4.79 Å². The molecule has 0 spiro atoms. The van der Waals surface area contributed by atoms with E-state index in [1.54, 1.807) is 14.0 Å². The van der Waals surface area contributed by atoms with Crippen LogP contribution < -0.4 is 0 Å². The Kier molecular flexibility index (Phi) is 6.42. The molecule has 0 aromatic heterocycles. The fourth-order valence-electron chi connectivity index (χ4n) is 1.81. The van der Waals surface area contributed by atoms with Gasteiger partial charge in [0.1, 0.15) is 11.6 Å². The monoisotopic (exact) mass is 333 g/mol. The Morgan fingerprint density at radius 3 is 2.68 bits per heavy atom. The molecule has 5 heteroatoms. The van der Waals surface area contributed by atoms with Gasteiger partial charge in [-0.1, -0.05) is 15.9 Å². The molecule has 2 nitrogen and oxygen atoms in total. The van der Waals surface area contributed by atoms with Crippen LogP contribution in [0.15, 0.2) is 18.2 Å². The first-order valence-electron chi connectivity index (χ1n) is 6.24. The number of unbranched alkanes of at least 4 members (excludes halogenated alkanes) is 1. The number of hydrogen-bond donors (Lipinski definition) is 0. The highest BCUT2D eigenvalue weighted by Crippen LogP contribution is 2.23. The van der Waals surface area contributed by atoms with E-state index in [4.69, 9.17) is 0 Å². The zero-order chi connectivity index (χ0) is 14.4. The van der Waals surface area contributed by atoms with Crippen LogP contribution in [-0.2, 0) is 4.79 Å². The minimum Gasteiger partial charge on any atom is -0.339 e. The molecule has 1 amide bonds. The lowest BCUT2D eigenvalue weighted by Gasteiger charge is -2.25. The molecule has 1 aromatic carbocycles. The quantitative estimate of drug-likeness (QED) is 0.568. The first kappa shape index (κ1) is 16.1. The molecular weight excluding hydrogens is 316 g/mol. The predicted octanol–water partition coefficient (Wildman–Crippen LogP) is 4.05. The summed E-state index contributed by atoms with van der Waals surface area (Å²) in [7, 11) is 1.62. The van der Waals surface area contributed by atoms with Crippen molar-refractivity contribution in [2.24, 2.45) is 0 Å². The molecule has 1 rings (SSSR count). The third-order valence-corrected chi connectivity index (χ3v) is 3.72. The van der Waals surface area contributed by atoms with Crippen LogP contribution in [0.2, 0.25) is 0 Å². The normalized spacial score (nSPS) is 12.3. The summed E-state index contributed by atoms with van der Waals surface area (Å²) in [6.45, 7) is 1.69. The maximum Gasteiger partial charge on any atom is 0.222 e. The summed E-state index contributed by atoms with van der Waals surface area (Å²) >= 11 is 3.30. The maximum absolute atomic E-state index is 13.6. The Morgan fingerprint density at radius 1 is 1.37 bits per heavy atom. The Labute approximate surface area is 120 Å². The summed E-state index contributed by atoms with van der Waals surface area (Å²) in [6.07, 6.45) is 2.12. The largest absolute Gasteiger partial charge is 0.339 e. The molecule has 0 aliphatic carbocycles. The number of hydrogen-bond acceptors (Lipinski definition) is 1. The smallest absolute Gasteiger partial charge is 0.222 e. The van der Waals surface area contributed by atoms with E-state index in [1.807, 2.05) is 0 Å². The van der Waals surface area contributed by atoms with Gasteiger partial charge < -0.3 is 4.90 Å². The van der Waals surface area contributed by atoms with Gasteiger partial charge in [0.25, 0.3) is 0 Å². The molecule has 0 radical (unpaired) electrons. The first-order valence-corrected chi connectivity index (χ1v) is 7.36. The summed E-state index contributed by atoms with van der Waals surface area (Å²) in [4.78, 5) is 13.4. The van der Waals surface area contributed by atoms with E-state index in [0.717, 1.165) is 36.4 Å². The third kappa shape index (κ3) is 4.56. The molecule has 106 valence electrons. The molecular formula is C14H18BrF2NO. The molecule has 0 bridgehead atoms. The standard InChI is InChI=1S/C14H18BrF2NO/c1-10(12-9-11(16)6-7-13(12)17)18(2)14(19)5-3-4-8-15/h6-7,9-10H,3-5,8H2,1-2H3. The van der Waals surface area contributed by atoms with E-state index in [-0.39, 0.29) is 11.5 Å². The number of halogens is 3. The molecule has 1 aromatic rings. The van der Waals surface area contributed by atoms with Gasteiger partial charge in [0.05, 0.1) is 6.04 Å². The third-order valence-electron chi connectivity index (χ3n) is 3.16. The molecule has 0 saturated carbocycles. The van der Waals surface area contributed by atoms with Crippen molar-refractivity contribution in [3.8, 4) is 0 Å². The van der Waals surface area contributed by atoms with Crippen LogP contribution in [0, 0.1) is 11.6 Å². The number of amides is 1. The van der Waals surface area contributed by atoms with Crippen molar-refractivity contribution >= 4 is 21.8 Å². The van der Waals surface area contributed by atoms with Gasteiger partial charge in [-0.05, 0) is 38.0 Å². The molecule has 0 fully saturated rings. The predicted molar refractivity (Wildman–Crippen MR) is 75.2 cm³/mol. The number of carbonyl (C=O) groups excluding carboxylic acids is 1. The van der Waals surface area contributed by atoms with Gasteiger partial charge in [0.2, 0.25) is 5.91 Å². The SMILES string of the molecule is CC(c1cc(F)ccc1F)N(C)C(=O)CCCCBr. The lowest BCUT2D eigenvalue weighted by molar-refractivity contribution is -0.131. The van der Waals surface area contributed by atoms with Crippen LogP contribution in [0.5, 0.6) is 0 Å². The lowest BCUT2D eigenvalue weighted by atomic mass is 10.1. The summed E-state index contributed by atoms with van der Waals surface area (Å²) in [5, 5.41) is 0.859. The summed E-state index contributed by atoms with van der Waals surface area (Å²) in [5.74, 6) is -1.05. The van der Waals surface area contributed by atoms with Gasteiger partial charge >= 0.3 is 0 Å². The first-order chi connectivity index (χ1) is 8.97. The zero-order valence-electron chi connectivity index (χ0n) is 11.1. The minimum absolute atomic E-state index is 0.0582. The Balaban J connectivity index is 2.72. The number of alkyl halides is 1. The van der Waals surface area contributed by atoms with Crippen molar-refractivity contribution in [3.05, 3.63) is 35.4 Å². The Hall–Kier alpha value is -0.970. The second-order valence-corrected chi connectivity index (χ2v) is 5.29. The van der Waals surface area contributed by atoms with Crippen molar-refractivity contribution in [1.82, 2.24) is 4.90 Å². The molecule has 1 atom stereocenters. The van der Waals surface area contributed by atoms with Crippen LogP contribution in [0.25, 0.3) is 0 Å². The molecule has 0 N–H and O–H groups in total. The molecule has 0 aliphatic heterocycles. The second-order valence-electron chi connectivity index (χ2n) is 4.49. The van der Waals surface area contributed by atoms with Crippen molar-refractivity contribution < 1.29 is 13.6 Å². The van der Waals surface area contributed by atoms with E-state index in [9.17, 15) is 13.6 Å². The number of rotatable bonds is 6. The van der Waals surface area contributed by atoms with Crippen molar-refractivity contribution in [2.75, 3.05) is 12.4 Å². The second kappa shape index (κ2) is 7.58. The number of benzene rings is 1. The van der Waals surface area contributed by atoms with E-state index in [1.165, 1.54) is 4.90 Å². The fraction of sp³-hybridized carbons (Fsp3) is 0.500. The Morgan fingerprint density at radius 2 is 2.05 bits per heavy atom. The van der Waals surface area contributed by atoms with Crippen molar-refractivity contribution in [3.63, 3.8) is 0 Å². The summed E-state index contributed by atoms with van der Waals surface area (Å²) in [5.41, 5.74) is 0.205. The highest BCUT2D eigenvalue weighted by Gasteiger charge is 2.20. The van der Waals surface area contributed by atoms with E-state index >= 15 is 0 Å².